The summed E-state index contributed by atoms with van der Waals surface area (Å²) in [5.74, 6) is 0. The van der Waals surface area contributed by atoms with Crippen molar-refractivity contribution in [2.75, 3.05) is 11.9 Å². The molecule has 2 rings (SSSR count). The van der Waals surface area contributed by atoms with Crippen molar-refractivity contribution >= 4 is 5.69 Å². The van der Waals surface area contributed by atoms with E-state index in [0.717, 1.165) is 18.7 Å². The molecule has 16 heavy (non-hydrogen) atoms. The molecule has 2 heterocycles. The third-order valence-electron chi connectivity index (χ3n) is 2.69. The zero-order valence-corrected chi connectivity index (χ0v) is 9.07. The predicted molar refractivity (Wildman–Crippen MR) is 55.7 cm³/mol. The first-order chi connectivity index (χ1) is 7.65. The molecule has 0 amide bonds. The van der Waals surface area contributed by atoms with E-state index in [4.69, 9.17) is 4.74 Å². The highest BCUT2D eigenvalue weighted by Gasteiger charge is 2.24. The monoisotopic (exact) mass is 231 g/mol. The van der Waals surface area contributed by atoms with E-state index in [9.17, 15) is 8.78 Å². The molecule has 90 valence electrons. The van der Waals surface area contributed by atoms with Crippen LogP contribution >= 0.6 is 0 Å². The Morgan fingerprint density at radius 1 is 1.69 bits per heavy atom. The second-order valence-corrected chi connectivity index (χ2v) is 3.96. The van der Waals surface area contributed by atoms with Gasteiger partial charge in [-0.3, -0.25) is 4.68 Å². The summed E-state index contributed by atoms with van der Waals surface area (Å²) in [7, 11) is 0. The van der Waals surface area contributed by atoms with Crippen molar-refractivity contribution in [2.45, 2.75) is 38.5 Å². The van der Waals surface area contributed by atoms with Gasteiger partial charge in [0.15, 0.2) is 0 Å². The van der Waals surface area contributed by atoms with Crippen LogP contribution in [0.1, 0.15) is 13.3 Å². The van der Waals surface area contributed by atoms with Gasteiger partial charge in [-0.2, -0.15) is 5.10 Å². The number of alkyl halides is 2. The number of anilines is 1. The molecule has 2 unspecified atom stereocenters. The van der Waals surface area contributed by atoms with E-state index in [-0.39, 0.29) is 18.7 Å². The first-order valence-corrected chi connectivity index (χ1v) is 5.34. The lowest BCUT2D eigenvalue weighted by atomic mass is 10.1. The van der Waals surface area contributed by atoms with Gasteiger partial charge in [-0.1, -0.05) is 0 Å². The fraction of sp³-hybridized carbons (Fsp3) is 0.700. The Kier molecular flexibility index (Phi) is 3.38. The molecular formula is C10H15F2N3O. The van der Waals surface area contributed by atoms with Crippen molar-refractivity contribution < 1.29 is 13.5 Å². The molecule has 0 bridgehead atoms. The van der Waals surface area contributed by atoms with Crippen molar-refractivity contribution in [1.29, 1.82) is 0 Å². The maximum atomic E-state index is 12.1. The van der Waals surface area contributed by atoms with Crippen molar-refractivity contribution in [3.8, 4) is 0 Å². The van der Waals surface area contributed by atoms with E-state index < -0.39 is 6.43 Å². The Bertz CT molecular complexity index is 343. The minimum Gasteiger partial charge on any atom is -0.377 e. The molecule has 0 saturated carbocycles. The van der Waals surface area contributed by atoms with E-state index in [0.29, 0.717) is 0 Å². The topological polar surface area (TPSA) is 39.1 Å². The van der Waals surface area contributed by atoms with Crippen LogP contribution in [-0.4, -0.2) is 35.0 Å². The van der Waals surface area contributed by atoms with Gasteiger partial charge in [0.05, 0.1) is 24.0 Å². The third kappa shape index (κ3) is 2.69. The number of nitrogens with one attached hydrogen (secondary N) is 1. The SMILES string of the molecule is CC1OCCC1Nc1cnn(CC(F)F)c1. The summed E-state index contributed by atoms with van der Waals surface area (Å²) >= 11 is 0. The molecule has 1 aliphatic rings. The summed E-state index contributed by atoms with van der Waals surface area (Å²) < 4.78 is 30.8. The molecule has 1 aromatic heterocycles. The maximum Gasteiger partial charge on any atom is 0.257 e. The third-order valence-corrected chi connectivity index (χ3v) is 2.69. The Morgan fingerprint density at radius 2 is 2.50 bits per heavy atom. The molecule has 1 N–H and O–H groups in total. The van der Waals surface area contributed by atoms with Crippen LogP contribution in [0.2, 0.25) is 0 Å². The zero-order valence-electron chi connectivity index (χ0n) is 9.07. The van der Waals surface area contributed by atoms with Crippen LogP contribution in [0.4, 0.5) is 14.5 Å². The van der Waals surface area contributed by atoms with Gasteiger partial charge in [0.25, 0.3) is 6.43 Å². The van der Waals surface area contributed by atoms with Crippen LogP contribution < -0.4 is 5.32 Å². The minimum absolute atomic E-state index is 0.151. The summed E-state index contributed by atoms with van der Waals surface area (Å²) in [4.78, 5) is 0. The Balaban J connectivity index is 1.92. The molecule has 4 nitrogen and oxygen atoms in total. The van der Waals surface area contributed by atoms with Gasteiger partial charge >= 0.3 is 0 Å². The highest BCUT2D eigenvalue weighted by Crippen LogP contribution is 2.18. The van der Waals surface area contributed by atoms with E-state index in [1.54, 1.807) is 12.4 Å². The molecule has 0 aromatic carbocycles. The summed E-state index contributed by atoms with van der Waals surface area (Å²) in [5.41, 5.74) is 0.767. The quantitative estimate of drug-likeness (QED) is 0.857. The largest absolute Gasteiger partial charge is 0.377 e. The van der Waals surface area contributed by atoms with Gasteiger partial charge < -0.3 is 10.1 Å². The van der Waals surface area contributed by atoms with Gasteiger partial charge in [0.2, 0.25) is 0 Å². The number of ether oxygens (including phenoxy) is 1. The van der Waals surface area contributed by atoms with E-state index in [1.165, 1.54) is 4.68 Å². The van der Waals surface area contributed by atoms with Gasteiger partial charge in [0.1, 0.15) is 6.54 Å². The Labute approximate surface area is 92.6 Å². The van der Waals surface area contributed by atoms with Crippen molar-refractivity contribution in [3.05, 3.63) is 12.4 Å². The molecule has 1 saturated heterocycles. The average molecular weight is 231 g/mol. The number of hydrogen-bond acceptors (Lipinski definition) is 3. The number of halogens is 2. The van der Waals surface area contributed by atoms with Crippen LogP contribution in [-0.2, 0) is 11.3 Å². The Morgan fingerprint density at radius 3 is 3.12 bits per heavy atom. The molecule has 0 radical (unpaired) electrons. The van der Waals surface area contributed by atoms with Crippen LogP contribution in [0.3, 0.4) is 0 Å². The standard InChI is InChI=1S/C10H15F2N3O/c1-7-9(2-3-16-7)14-8-4-13-15(5-8)6-10(11)12/h4-5,7,9-10,14H,2-3,6H2,1H3. The normalized spacial score (nSPS) is 25.2. The van der Waals surface area contributed by atoms with Crippen molar-refractivity contribution in [2.24, 2.45) is 0 Å². The maximum absolute atomic E-state index is 12.1. The van der Waals surface area contributed by atoms with Gasteiger partial charge in [-0.05, 0) is 13.3 Å². The minimum atomic E-state index is -2.37. The molecule has 6 heteroatoms. The van der Waals surface area contributed by atoms with E-state index in [2.05, 4.69) is 10.4 Å². The first-order valence-electron chi connectivity index (χ1n) is 5.34. The first kappa shape index (κ1) is 11.3. The van der Waals surface area contributed by atoms with Crippen LogP contribution in [0.5, 0.6) is 0 Å². The van der Waals surface area contributed by atoms with Crippen LogP contribution in [0.25, 0.3) is 0 Å². The molecule has 2 atom stereocenters. The smallest absolute Gasteiger partial charge is 0.257 e. The number of nitrogens with zero attached hydrogens (tertiary/aromatic N) is 2. The number of rotatable bonds is 4. The fourth-order valence-corrected chi connectivity index (χ4v) is 1.81. The summed E-state index contributed by atoms with van der Waals surface area (Å²) in [6.45, 7) is 2.37. The number of hydrogen-bond donors (Lipinski definition) is 1. The summed E-state index contributed by atoms with van der Waals surface area (Å²) in [5, 5.41) is 7.09. The Hall–Kier alpha value is -1.17. The summed E-state index contributed by atoms with van der Waals surface area (Å²) in [6.07, 6.45) is 1.87. The van der Waals surface area contributed by atoms with Gasteiger partial charge in [0, 0.05) is 12.8 Å². The average Bonchev–Trinajstić information content (AvgIpc) is 2.77. The molecule has 1 aromatic rings. The second-order valence-electron chi connectivity index (χ2n) is 3.96. The fourth-order valence-electron chi connectivity index (χ4n) is 1.81. The van der Waals surface area contributed by atoms with E-state index in [1.807, 2.05) is 6.92 Å². The zero-order chi connectivity index (χ0) is 11.5. The summed E-state index contributed by atoms with van der Waals surface area (Å²) in [6, 6.07) is 0.240. The molecule has 0 spiro atoms. The molecule has 1 fully saturated rings. The van der Waals surface area contributed by atoms with Crippen molar-refractivity contribution in [1.82, 2.24) is 9.78 Å². The molecule has 1 aliphatic heterocycles. The number of aromatic nitrogens is 2. The molecule has 0 aliphatic carbocycles. The van der Waals surface area contributed by atoms with Gasteiger partial charge in [-0.15, -0.1) is 0 Å². The highest BCUT2D eigenvalue weighted by atomic mass is 19.3. The van der Waals surface area contributed by atoms with E-state index >= 15 is 0 Å². The highest BCUT2D eigenvalue weighted by molar-refractivity contribution is 5.39. The van der Waals surface area contributed by atoms with Crippen molar-refractivity contribution in [3.63, 3.8) is 0 Å². The second kappa shape index (κ2) is 4.78. The van der Waals surface area contributed by atoms with Gasteiger partial charge in [-0.25, -0.2) is 8.78 Å². The predicted octanol–water partition coefficient (Wildman–Crippen LogP) is 1.74. The lowest BCUT2D eigenvalue weighted by Gasteiger charge is -2.15. The van der Waals surface area contributed by atoms with Crippen LogP contribution in [0, 0.1) is 0 Å². The van der Waals surface area contributed by atoms with Crippen LogP contribution in [0.15, 0.2) is 12.4 Å². The lowest BCUT2D eigenvalue weighted by molar-refractivity contribution is 0.121. The lowest BCUT2D eigenvalue weighted by Crippen LogP contribution is -2.26. The molecular weight excluding hydrogens is 216 g/mol.